The number of allylic oxidation sites excluding steroid dienone is 2. The summed E-state index contributed by atoms with van der Waals surface area (Å²) in [6, 6.07) is 0.365. The monoisotopic (exact) mass is 763 g/mol. The number of rotatable bonds is 10. The highest BCUT2D eigenvalue weighted by atomic mass is 16.3. The summed E-state index contributed by atoms with van der Waals surface area (Å²) in [6.07, 6.45) is 25.2. The van der Waals surface area contributed by atoms with E-state index >= 15 is 0 Å². The lowest BCUT2D eigenvalue weighted by Crippen LogP contribution is -2.60. The number of fused-ring (bicyclic) bond motifs is 1. The quantitative estimate of drug-likeness (QED) is 0.200. The summed E-state index contributed by atoms with van der Waals surface area (Å²) >= 11 is 0. The molecule has 5 saturated heterocycles. The van der Waals surface area contributed by atoms with Gasteiger partial charge in [0.15, 0.2) is 0 Å². The van der Waals surface area contributed by atoms with Crippen molar-refractivity contribution in [2.75, 3.05) is 52.4 Å². The molecule has 8 rings (SSSR count). The first-order valence-electron chi connectivity index (χ1n) is 23.4. The SMILES string of the molecule is CC/C(=C(\C1CCC(O)CC1)C1CCC(N2CCC(CCN3CCN(C4CCC5C(=O)N(C6CCC(=O)NC6=O)CC5N4)CC3)CC2)CC1)C1CCCCC1. The summed E-state index contributed by atoms with van der Waals surface area (Å²) in [4.78, 5) is 47.3. The van der Waals surface area contributed by atoms with E-state index in [2.05, 4.69) is 32.3 Å². The van der Waals surface area contributed by atoms with Gasteiger partial charge in [-0.3, -0.25) is 29.9 Å². The van der Waals surface area contributed by atoms with Crippen LogP contribution in [0.1, 0.15) is 142 Å². The lowest BCUT2D eigenvalue weighted by Gasteiger charge is -2.44. The first kappa shape index (κ1) is 40.0. The zero-order valence-electron chi connectivity index (χ0n) is 34.2. The molecule has 5 heterocycles. The van der Waals surface area contributed by atoms with Gasteiger partial charge in [0.25, 0.3) is 0 Å². The number of imide groups is 1. The van der Waals surface area contributed by atoms with Crippen LogP contribution in [-0.4, -0.2) is 125 Å². The Morgan fingerprint density at radius 2 is 1.40 bits per heavy atom. The van der Waals surface area contributed by atoms with E-state index in [1.54, 1.807) is 4.90 Å². The van der Waals surface area contributed by atoms with Gasteiger partial charge < -0.3 is 19.8 Å². The second-order valence-electron chi connectivity index (χ2n) is 19.3. The van der Waals surface area contributed by atoms with Crippen molar-refractivity contribution < 1.29 is 19.5 Å². The van der Waals surface area contributed by atoms with E-state index in [9.17, 15) is 19.5 Å². The van der Waals surface area contributed by atoms with Gasteiger partial charge in [0.2, 0.25) is 17.7 Å². The molecule has 55 heavy (non-hydrogen) atoms. The predicted molar refractivity (Wildman–Crippen MR) is 216 cm³/mol. The fourth-order valence-corrected chi connectivity index (χ4v) is 13.0. The minimum absolute atomic E-state index is 0.0535. The molecule has 0 aromatic heterocycles. The normalized spacial score (nSPS) is 37.5. The lowest BCUT2D eigenvalue weighted by molar-refractivity contribution is -0.144. The molecule has 0 aromatic carbocycles. The number of piperazine rings is 1. The van der Waals surface area contributed by atoms with Crippen LogP contribution in [0.3, 0.4) is 0 Å². The van der Waals surface area contributed by atoms with Crippen LogP contribution in [0.5, 0.6) is 0 Å². The number of nitrogens with one attached hydrogen (secondary N) is 2. The van der Waals surface area contributed by atoms with Gasteiger partial charge in [-0.2, -0.15) is 0 Å². The number of aliphatic hydroxyl groups excluding tert-OH is 1. The van der Waals surface area contributed by atoms with Crippen LogP contribution in [0.4, 0.5) is 0 Å². The van der Waals surface area contributed by atoms with Crippen LogP contribution in [-0.2, 0) is 14.4 Å². The van der Waals surface area contributed by atoms with E-state index in [1.807, 2.05) is 11.1 Å². The Morgan fingerprint density at radius 1 is 0.709 bits per heavy atom. The summed E-state index contributed by atoms with van der Waals surface area (Å²) in [5.74, 6) is 2.71. The Hall–Kier alpha value is -1.85. The van der Waals surface area contributed by atoms with Gasteiger partial charge >= 0.3 is 0 Å². The average Bonchev–Trinajstić information content (AvgIpc) is 3.55. The molecule has 308 valence electrons. The maximum Gasteiger partial charge on any atom is 0.249 e. The Morgan fingerprint density at radius 3 is 2.07 bits per heavy atom. The number of aliphatic hydroxyl groups is 1. The molecule has 0 radical (unpaired) electrons. The first-order valence-corrected chi connectivity index (χ1v) is 23.4. The number of hydrogen-bond acceptors (Lipinski definition) is 8. The highest BCUT2D eigenvalue weighted by Crippen LogP contribution is 2.46. The summed E-state index contributed by atoms with van der Waals surface area (Å²) in [5.41, 5.74) is 3.78. The number of hydrogen-bond donors (Lipinski definition) is 3. The van der Waals surface area contributed by atoms with Crippen LogP contribution in [0.25, 0.3) is 0 Å². The van der Waals surface area contributed by atoms with E-state index in [0.717, 1.165) is 81.6 Å². The molecule has 4 atom stereocenters. The molecule has 3 aliphatic carbocycles. The summed E-state index contributed by atoms with van der Waals surface area (Å²) in [6.45, 7) is 11.2. The van der Waals surface area contributed by atoms with Gasteiger partial charge in [-0.25, -0.2) is 0 Å². The maximum atomic E-state index is 13.3. The second-order valence-corrected chi connectivity index (χ2v) is 19.3. The summed E-state index contributed by atoms with van der Waals surface area (Å²) < 4.78 is 0. The molecular weight excluding hydrogens is 689 g/mol. The lowest BCUT2D eigenvalue weighted by atomic mass is 9.67. The largest absolute Gasteiger partial charge is 0.393 e. The van der Waals surface area contributed by atoms with Gasteiger partial charge in [-0.05, 0) is 152 Å². The zero-order valence-corrected chi connectivity index (χ0v) is 34.2. The number of nitrogens with zero attached hydrogens (tertiary/aromatic N) is 4. The van der Waals surface area contributed by atoms with Crippen molar-refractivity contribution >= 4 is 17.7 Å². The molecule has 3 saturated carbocycles. The van der Waals surface area contributed by atoms with Gasteiger partial charge in [0.05, 0.1) is 18.2 Å². The third kappa shape index (κ3) is 9.24. The Bertz CT molecular complexity index is 1350. The smallest absolute Gasteiger partial charge is 0.249 e. The minimum atomic E-state index is -0.504. The van der Waals surface area contributed by atoms with Gasteiger partial charge in [-0.1, -0.05) is 37.3 Å². The highest BCUT2D eigenvalue weighted by Gasteiger charge is 2.49. The van der Waals surface area contributed by atoms with Crippen LogP contribution in [0.2, 0.25) is 0 Å². The second kappa shape index (κ2) is 18.4. The van der Waals surface area contributed by atoms with Gasteiger partial charge in [0.1, 0.15) is 6.04 Å². The predicted octanol–water partition coefficient (Wildman–Crippen LogP) is 5.44. The Balaban J connectivity index is 0.748. The molecule has 4 unspecified atom stereocenters. The number of likely N-dealkylation sites (tertiary alicyclic amines) is 2. The number of amides is 3. The third-order valence-corrected chi connectivity index (χ3v) is 16.2. The number of carbonyl (C=O) groups is 3. The van der Waals surface area contributed by atoms with Crippen molar-refractivity contribution in [1.29, 1.82) is 0 Å². The molecule has 3 N–H and O–H groups in total. The van der Waals surface area contributed by atoms with Crippen LogP contribution >= 0.6 is 0 Å². The molecule has 0 aromatic rings. The first-order chi connectivity index (χ1) is 26.8. The molecule has 10 nitrogen and oxygen atoms in total. The van der Waals surface area contributed by atoms with Crippen molar-refractivity contribution in [3.63, 3.8) is 0 Å². The molecule has 8 aliphatic rings. The highest BCUT2D eigenvalue weighted by molar-refractivity contribution is 6.02. The van der Waals surface area contributed by atoms with E-state index in [0.29, 0.717) is 25.6 Å². The molecule has 5 aliphatic heterocycles. The topological polar surface area (TPSA) is 108 Å². The number of piperidine rings is 3. The molecule has 8 fully saturated rings. The van der Waals surface area contributed by atoms with Crippen LogP contribution in [0.15, 0.2) is 11.1 Å². The average molecular weight is 763 g/mol. The molecule has 0 bridgehead atoms. The van der Waals surface area contributed by atoms with Crippen molar-refractivity contribution in [3.05, 3.63) is 11.1 Å². The Labute approximate surface area is 331 Å². The van der Waals surface area contributed by atoms with E-state index in [-0.39, 0.29) is 35.8 Å². The van der Waals surface area contributed by atoms with Crippen molar-refractivity contribution in [2.24, 2.45) is 29.6 Å². The van der Waals surface area contributed by atoms with Gasteiger partial charge in [0, 0.05) is 51.2 Å². The maximum absolute atomic E-state index is 13.3. The third-order valence-electron chi connectivity index (χ3n) is 16.2. The molecular formula is C45H74N6O4. The van der Waals surface area contributed by atoms with E-state index < -0.39 is 6.04 Å². The minimum Gasteiger partial charge on any atom is -0.393 e. The van der Waals surface area contributed by atoms with Gasteiger partial charge in [-0.15, -0.1) is 0 Å². The molecule has 10 heteroatoms. The standard InChI is InChI=1S/C45H74N6O4/c1-2-37(32-6-4-3-5-7-32)43(34-10-14-36(52)15-11-34)33-8-12-35(13-9-33)49-24-21-31(22-25-49)20-23-48-26-28-50(29-27-48)41-18-16-38-39(46-41)30-51(45(38)55)40-17-19-42(53)47-44(40)54/h31-36,38-41,46,52H,2-30H2,1H3,(H,47,53,54)/b43-37+. The van der Waals surface area contributed by atoms with Crippen molar-refractivity contribution in [3.8, 4) is 0 Å². The zero-order chi connectivity index (χ0) is 37.9. The van der Waals surface area contributed by atoms with Crippen molar-refractivity contribution in [1.82, 2.24) is 30.2 Å². The fourth-order valence-electron chi connectivity index (χ4n) is 13.0. The van der Waals surface area contributed by atoms with Crippen LogP contribution < -0.4 is 10.6 Å². The molecule has 3 amide bonds. The van der Waals surface area contributed by atoms with E-state index in [1.165, 1.54) is 116 Å². The van der Waals surface area contributed by atoms with Crippen LogP contribution in [0, 0.1) is 29.6 Å². The van der Waals surface area contributed by atoms with Crippen molar-refractivity contribution in [2.45, 2.75) is 172 Å². The molecule has 0 spiro atoms. The van der Waals surface area contributed by atoms with E-state index in [4.69, 9.17) is 0 Å². The fraction of sp³-hybridized carbons (Fsp3) is 0.889. The number of carbonyl (C=O) groups excluding carboxylic acids is 3. The Kier molecular flexibility index (Phi) is 13.4. The summed E-state index contributed by atoms with van der Waals surface area (Å²) in [5, 5.41) is 16.6. The summed E-state index contributed by atoms with van der Waals surface area (Å²) in [7, 11) is 0.